The average Bonchev–Trinajstić information content (AvgIpc) is 2.39. The highest BCUT2D eigenvalue weighted by Crippen LogP contribution is 2.28. The quantitative estimate of drug-likeness (QED) is 0.649. The minimum atomic E-state index is 0.467. The average molecular weight is 250 g/mol. The van der Waals surface area contributed by atoms with Crippen molar-refractivity contribution in [2.75, 3.05) is 7.11 Å². The lowest BCUT2D eigenvalue weighted by atomic mass is 9.82. The van der Waals surface area contributed by atoms with E-state index in [-0.39, 0.29) is 0 Å². The highest BCUT2D eigenvalue weighted by atomic mass is 16.5. The Balaban J connectivity index is 0.00000137. The van der Waals surface area contributed by atoms with Crippen molar-refractivity contribution in [3.63, 3.8) is 0 Å². The van der Waals surface area contributed by atoms with Crippen molar-refractivity contribution < 1.29 is 4.74 Å². The molecule has 0 atom stereocenters. The number of aryl methyl sites for hydroxylation is 1. The maximum absolute atomic E-state index is 5.15. The van der Waals surface area contributed by atoms with Crippen LogP contribution in [0.4, 0.5) is 0 Å². The summed E-state index contributed by atoms with van der Waals surface area (Å²) in [5.41, 5.74) is 1.87. The van der Waals surface area contributed by atoms with E-state index >= 15 is 0 Å². The van der Waals surface area contributed by atoms with Crippen LogP contribution in [0.25, 0.3) is 0 Å². The van der Waals surface area contributed by atoms with Crippen LogP contribution in [0, 0.1) is 5.41 Å². The molecule has 0 spiro atoms. The van der Waals surface area contributed by atoms with Crippen LogP contribution in [0.15, 0.2) is 24.3 Å². The van der Waals surface area contributed by atoms with Gasteiger partial charge in [-0.05, 0) is 42.4 Å². The van der Waals surface area contributed by atoms with E-state index in [0.29, 0.717) is 5.41 Å². The first-order valence-electron chi connectivity index (χ1n) is 7.20. The van der Waals surface area contributed by atoms with Gasteiger partial charge in [0.05, 0.1) is 7.11 Å². The van der Waals surface area contributed by atoms with Crippen molar-refractivity contribution >= 4 is 0 Å². The van der Waals surface area contributed by atoms with Gasteiger partial charge in [0.25, 0.3) is 0 Å². The number of rotatable bonds is 6. The molecule has 18 heavy (non-hydrogen) atoms. The Kier molecular flexibility index (Phi) is 8.53. The molecular weight excluding hydrogens is 220 g/mol. The van der Waals surface area contributed by atoms with Gasteiger partial charge in [-0.15, -0.1) is 0 Å². The van der Waals surface area contributed by atoms with Crippen molar-refractivity contribution in [3.8, 4) is 5.75 Å². The molecule has 0 aliphatic carbocycles. The Morgan fingerprint density at radius 2 is 1.56 bits per heavy atom. The summed E-state index contributed by atoms with van der Waals surface area (Å²) >= 11 is 0. The molecule has 0 aromatic heterocycles. The van der Waals surface area contributed by atoms with Gasteiger partial charge >= 0.3 is 0 Å². The molecule has 0 aliphatic rings. The number of benzene rings is 1. The molecular formula is C17H30O. The molecule has 104 valence electrons. The number of ether oxygens (including phenoxy) is 1. The summed E-state index contributed by atoms with van der Waals surface area (Å²) in [7, 11) is 1.71. The van der Waals surface area contributed by atoms with Crippen LogP contribution in [0.1, 0.15) is 59.4 Å². The normalized spacial score (nSPS) is 10.6. The van der Waals surface area contributed by atoms with Gasteiger partial charge < -0.3 is 4.74 Å². The molecule has 1 heteroatoms. The number of hydrogen-bond acceptors (Lipinski definition) is 1. The molecule has 1 aromatic rings. The molecule has 0 saturated heterocycles. The molecule has 0 bridgehead atoms. The highest BCUT2D eigenvalue weighted by molar-refractivity contribution is 5.27. The standard InChI is InChI=1S/C15H24O.C2H6/c1-5-11-15(2,3)12-10-13-6-8-14(16-4)9-7-13;1-2/h6-9H,5,10-12H2,1-4H3;1-2H3. The summed E-state index contributed by atoms with van der Waals surface area (Å²) in [6, 6.07) is 8.42. The third-order valence-corrected chi connectivity index (χ3v) is 3.18. The highest BCUT2D eigenvalue weighted by Gasteiger charge is 2.15. The number of methoxy groups -OCH3 is 1. The molecule has 1 rings (SSSR count). The molecule has 0 unspecified atom stereocenters. The van der Waals surface area contributed by atoms with E-state index in [0.717, 1.165) is 12.2 Å². The van der Waals surface area contributed by atoms with Gasteiger partial charge in [-0.2, -0.15) is 0 Å². The molecule has 0 saturated carbocycles. The molecule has 0 fully saturated rings. The zero-order valence-corrected chi connectivity index (χ0v) is 13.0. The van der Waals surface area contributed by atoms with Crippen molar-refractivity contribution in [2.24, 2.45) is 5.41 Å². The lowest BCUT2D eigenvalue weighted by Crippen LogP contribution is -2.11. The lowest BCUT2D eigenvalue weighted by molar-refractivity contribution is 0.304. The molecule has 0 heterocycles. The summed E-state index contributed by atoms with van der Waals surface area (Å²) < 4.78 is 5.15. The first-order chi connectivity index (χ1) is 8.57. The summed E-state index contributed by atoms with van der Waals surface area (Å²) in [6.45, 7) is 11.0. The summed E-state index contributed by atoms with van der Waals surface area (Å²) in [4.78, 5) is 0. The van der Waals surface area contributed by atoms with Gasteiger partial charge in [-0.1, -0.05) is 53.2 Å². The SMILES string of the molecule is CC.CCCC(C)(C)CCc1ccc(OC)cc1. The largest absolute Gasteiger partial charge is 0.497 e. The van der Waals surface area contributed by atoms with Gasteiger partial charge in [0.1, 0.15) is 5.75 Å². The topological polar surface area (TPSA) is 9.23 Å². The van der Waals surface area contributed by atoms with Crippen LogP contribution in [-0.2, 0) is 6.42 Å². The van der Waals surface area contributed by atoms with E-state index in [1.807, 2.05) is 26.0 Å². The second-order valence-corrected chi connectivity index (χ2v) is 5.26. The maximum atomic E-state index is 5.15. The van der Waals surface area contributed by atoms with Crippen molar-refractivity contribution in [1.29, 1.82) is 0 Å². The molecule has 0 amide bonds. The fraction of sp³-hybridized carbons (Fsp3) is 0.647. The van der Waals surface area contributed by atoms with E-state index < -0.39 is 0 Å². The van der Waals surface area contributed by atoms with Gasteiger partial charge in [0.15, 0.2) is 0 Å². The second-order valence-electron chi connectivity index (χ2n) is 5.26. The van der Waals surface area contributed by atoms with Crippen LogP contribution in [0.5, 0.6) is 5.75 Å². The zero-order chi connectivity index (χ0) is 14.0. The zero-order valence-electron chi connectivity index (χ0n) is 13.0. The van der Waals surface area contributed by atoms with E-state index in [4.69, 9.17) is 4.74 Å². The van der Waals surface area contributed by atoms with Crippen molar-refractivity contribution in [2.45, 2.75) is 60.3 Å². The Labute approximate surface area is 114 Å². The Morgan fingerprint density at radius 3 is 2.00 bits per heavy atom. The van der Waals surface area contributed by atoms with Gasteiger partial charge in [-0.25, -0.2) is 0 Å². The van der Waals surface area contributed by atoms with E-state index in [2.05, 4.69) is 32.9 Å². The fourth-order valence-electron chi connectivity index (χ4n) is 2.08. The summed E-state index contributed by atoms with van der Waals surface area (Å²) in [5, 5.41) is 0. The number of hydrogen-bond donors (Lipinski definition) is 0. The van der Waals surface area contributed by atoms with Crippen LogP contribution in [-0.4, -0.2) is 7.11 Å². The predicted octanol–water partition coefficient (Wildman–Crippen LogP) is 5.48. The van der Waals surface area contributed by atoms with Gasteiger partial charge in [0.2, 0.25) is 0 Å². The van der Waals surface area contributed by atoms with Crippen LogP contribution in [0.3, 0.4) is 0 Å². The Hall–Kier alpha value is -0.980. The minimum absolute atomic E-state index is 0.467. The Morgan fingerprint density at radius 1 is 1.00 bits per heavy atom. The third-order valence-electron chi connectivity index (χ3n) is 3.18. The first-order valence-corrected chi connectivity index (χ1v) is 7.20. The van der Waals surface area contributed by atoms with Crippen LogP contribution in [0.2, 0.25) is 0 Å². The Bertz CT molecular complexity index is 298. The molecule has 1 aromatic carbocycles. The van der Waals surface area contributed by atoms with E-state index in [1.165, 1.54) is 24.8 Å². The van der Waals surface area contributed by atoms with Crippen molar-refractivity contribution in [1.82, 2.24) is 0 Å². The minimum Gasteiger partial charge on any atom is -0.497 e. The molecule has 0 aliphatic heterocycles. The van der Waals surface area contributed by atoms with Crippen molar-refractivity contribution in [3.05, 3.63) is 29.8 Å². The molecule has 0 radical (unpaired) electrons. The fourth-order valence-corrected chi connectivity index (χ4v) is 2.08. The monoisotopic (exact) mass is 250 g/mol. The molecule has 0 N–H and O–H groups in total. The van der Waals surface area contributed by atoms with Gasteiger partial charge in [-0.3, -0.25) is 0 Å². The lowest BCUT2D eigenvalue weighted by Gasteiger charge is -2.23. The summed E-state index contributed by atoms with van der Waals surface area (Å²) in [5.74, 6) is 0.941. The second kappa shape index (κ2) is 9.02. The van der Waals surface area contributed by atoms with Crippen LogP contribution < -0.4 is 4.74 Å². The molecule has 1 nitrogen and oxygen atoms in total. The third kappa shape index (κ3) is 6.68. The maximum Gasteiger partial charge on any atom is 0.118 e. The van der Waals surface area contributed by atoms with E-state index in [9.17, 15) is 0 Å². The van der Waals surface area contributed by atoms with E-state index in [1.54, 1.807) is 7.11 Å². The smallest absolute Gasteiger partial charge is 0.118 e. The summed E-state index contributed by atoms with van der Waals surface area (Å²) in [6.07, 6.45) is 5.00. The first kappa shape index (κ1) is 17.0. The predicted molar refractivity (Wildman–Crippen MR) is 81.4 cm³/mol. The van der Waals surface area contributed by atoms with Gasteiger partial charge in [0, 0.05) is 0 Å². The van der Waals surface area contributed by atoms with Crippen LogP contribution >= 0.6 is 0 Å².